The molecule has 106 valence electrons. The van der Waals surface area contributed by atoms with Gasteiger partial charge in [-0.2, -0.15) is 0 Å². The van der Waals surface area contributed by atoms with Gasteiger partial charge in [0.15, 0.2) is 0 Å². The van der Waals surface area contributed by atoms with Gasteiger partial charge in [0, 0.05) is 18.7 Å². The fourth-order valence-corrected chi connectivity index (χ4v) is 2.77. The average molecular weight is 263 g/mol. The Labute approximate surface area is 116 Å². The van der Waals surface area contributed by atoms with E-state index in [-0.39, 0.29) is 0 Å². The van der Waals surface area contributed by atoms with Gasteiger partial charge in [-0.3, -0.25) is 0 Å². The second-order valence-electron chi connectivity index (χ2n) is 5.34. The second-order valence-corrected chi connectivity index (χ2v) is 5.34. The maximum Gasteiger partial charge on any atom is 0.124 e. The van der Waals surface area contributed by atoms with E-state index >= 15 is 0 Å². The smallest absolute Gasteiger partial charge is 0.124 e. The molecule has 0 saturated heterocycles. The summed E-state index contributed by atoms with van der Waals surface area (Å²) in [4.78, 5) is 0. The van der Waals surface area contributed by atoms with Crippen LogP contribution in [0.3, 0.4) is 0 Å². The molecule has 1 aliphatic rings. The molecule has 0 atom stereocenters. The largest absolute Gasteiger partial charge is 0.496 e. The third-order valence-electron chi connectivity index (χ3n) is 3.81. The summed E-state index contributed by atoms with van der Waals surface area (Å²) in [5.41, 5.74) is 2.41. The molecular formula is C16H25NO2. The number of ether oxygens (including phenoxy) is 2. The van der Waals surface area contributed by atoms with Crippen LogP contribution in [0.25, 0.3) is 0 Å². The molecule has 0 aromatic heterocycles. The monoisotopic (exact) mass is 263 g/mol. The lowest BCUT2D eigenvalue weighted by atomic mass is 10.1. The second kappa shape index (κ2) is 7.51. The SMILES string of the molecule is CNCc1ccc(OC)c(COCC2CCCC2)c1. The van der Waals surface area contributed by atoms with Crippen molar-refractivity contribution in [1.29, 1.82) is 0 Å². The van der Waals surface area contributed by atoms with Crippen molar-refractivity contribution in [3.05, 3.63) is 29.3 Å². The lowest BCUT2D eigenvalue weighted by Gasteiger charge is -2.13. The maximum absolute atomic E-state index is 5.88. The zero-order valence-electron chi connectivity index (χ0n) is 12.1. The molecule has 1 aromatic rings. The summed E-state index contributed by atoms with van der Waals surface area (Å²) < 4.78 is 11.3. The summed E-state index contributed by atoms with van der Waals surface area (Å²) in [6, 6.07) is 6.29. The number of nitrogens with one attached hydrogen (secondary N) is 1. The third-order valence-corrected chi connectivity index (χ3v) is 3.81. The van der Waals surface area contributed by atoms with Gasteiger partial charge in [0.2, 0.25) is 0 Å². The summed E-state index contributed by atoms with van der Waals surface area (Å²) >= 11 is 0. The number of methoxy groups -OCH3 is 1. The molecule has 0 aliphatic heterocycles. The fourth-order valence-electron chi connectivity index (χ4n) is 2.77. The van der Waals surface area contributed by atoms with Crippen molar-refractivity contribution >= 4 is 0 Å². The number of benzene rings is 1. The highest BCUT2D eigenvalue weighted by atomic mass is 16.5. The maximum atomic E-state index is 5.88. The van der Waals surface area contributed by atoms with Crippen molar-refractivity contribution in [2.75, 3.05) is 20.8 Å². The van der Waals surface area contributed by atoms with Crippen LogP contribution in [0.15, 0.2) is 18.2 Å². The molecule has 0 heterocycles. The predicted molar refractivity (Wildman–Crippen MR) is 77.4 cm³/mol. The molecule has 2 rings (SSSR count). The van der Waals surface area contributed by atoms with Crippen LogP contribution in [0.1, 0.15) is 36.8 Å². The van der Waals surface area contributed by atoms with Crippen LogP contribution in [0.4, 0.5) is 0 Å². The van der Waals surface area contributed by atoms with E-state index in [2.05, 4.69) is 17.4 Å². The summed E-state index contributed by atoms with van der Waals surface area (Å²) in [6.07, 6.45) is 5.40. The molecule has 0 spiro atoms. The van der Waals surface area contributed by atoms with Crippen LogP contribution in [0.2, 0.25) is 0 Å². The zero-order valence-corrected chi connectivity index (χ0v) is 12.1. The highest BCUT2D eigenvalue weighted by Crippen LogP contribution is 2.26. The highest BCUT2D eigenvalue weighted by Gasteiger charge is 2.15. The van der Waals surface area contributed by atoms with Gasteiger partial charge in [0.25, 0.3) is 0 Å². The van der Waals surface area contributed by atoms with Gasteiger partial charge in [-0.15, -0.1) is 0 Å². The van der Waals surface area contributed by atoms with Crippen molar-refractivity contribution < 1.29 is 9.47 Å². The van der Waals surface area contributed by atoms with Crippen molar-refractivity contribution in [2.24, 2.45) is 5.92 Å². The lowest BCUT2D eigenvalue weighted by molar-refractivity contribution is 0.0874. The number of hydrogen-bond donors (Lipinski definition) is 1. The molecule has 0 radical (unpaired) electrons. The van der Waals surface area contributed by atoms with Crippen LogP contribution in [-0.4, -0.2) is 20.8 Å². The topological polar surface area (TPSA) is 30.5 Å². The summed E-state index contributed by atoms with van der Waals surface area (Å²) in [5.74, 6) is 1.69. The molecule has 3 heteroatoms. The Morgan fingerprint density at radius 1 is 1.26 bits per heavy atom. The van der Waals surface area contributed by atoms with Gasteiger partial charge in [-0.05, 0) is 43.5 Å². The Hall–Kier alpha value is -1.06. The first-order chi connectivity index (χ1) is 9.33. The van der Waals surface area contributed by atoms with Crippen LogP contribution < -0.4 is 10.1 Å². The van der Waals surface area contributed by atoms with E-state index in [9.17, 15) is 0 Å². The van der Waals surface area contributed by atoms with Gasteiger partial charge in [-0.1, -0.05) is 18.9 Å². The summed E-state index contributed by atoms with van der Waals surface area (Å²) in [5, 5.41) is 3.17. The Morgan fingerprint density at radius 2 is 2.05 bits per heavy atom. The fraction of sp³-hybridized carbons (Fsp3) is 0.625. The molecule has 1 saturated carbocycles. The van der Waals surface area contributed by atoms with Crippen LogP contribution in [0, 0.1) is 5.92 Å². The summed E-state index contributed by atoms with van der Waals surface area (Å²) in [6.45, 7) is 2.41. The highest BCUT2D eigenvalue weighted by molar-refractivity contribution is 5.36. The van der Waals surface area contributed by atoms with Gasteiger partial charge in [0.1, 0.15) is 5.75 Å². The standard InChI is InChI=1S/C16H25NO2/c1-17-10-14-7-8-16(18-2)15(9-14)12-19-11-13-5-3-4-6-13/h7-9,13,17H,3-6,10-12H2,1-2H3. The van der Waals surface area contributed by atoms with Crippen LogP contribution >= 0.6 is 0 Å². The molecule has 0 bridgehead atoms. The molecule has 1 fully saturated rings. The Balaban J connectivity index is 1.90. The first-order valence-electron chi connectivity index (χ1n) is 7.21. The molecule has 1 aliphatic carbocycles. The van der Waals surface area contributed by atoms with Crippen LogP contribution in [-0.2, 0) is 17.9 Å². The first kappa shape index (κ1) is 14.4. The van der Waals surface area contributed by atoms with E-state index in [1.54, 1.807) is 7.11 Å². The minimum Gasteiger partial charge on any atom is -0.496 e. The Kier molecular flexibility index (Phi) is 5.67. The number of hydrogen-bond acceptors (Lipinski definition) is 3. The van der Waals surface area contributed by atoms with E-state index in [1.165, 1.54) is 31.2 Å². The minimum absolute atomic E-state index is 0.650. The molecule has 19 heavy (non-hydrogen) atoms. The molecule has 0 unspecified atom stereocenters. The summed E-state index contributed by atoms with van der Waals surface area (Å²) in [7, 11) is 3.67. The van der Waals surface area contributed by atoms with Crippen molar-refractivity contribution in [3.63, 3.8) is 0 Å². The first-order valence-corrected chi connectivity index (χ1v) is 7.21. The van der Waals surface area contributed by atoms with Gasteiger partial charge in [0.05, 0.1) is 13.7 Å². The van der Waals surface area contributed by atoms with Crippen molar-refractivity contribution in [2.45, 2.75) is 38.8 Å². The van der Waals surface area contributed by atoms with Gasteiger partial charge in [-0.25, -0.2) is 0 Å². The van der Waals surface area contributed by atoms with Crippen molar-refractivity contribution in [3.8, 4) is 5.75 Å². The normalized spacial score (nSPS) is 15.9. The Morgan fingerprint density at radius 3 is 2.74 bits per heavy atom. The number of rotatable bonds is 7. The molecule has 3 nitrogen and oxygen atoms in total. The predicted octanol–water partition coefficient (Wildman–Crippen LogP) is 3.12. The molecule has 1 aromatic carbocycles. The van der Waals surface area contributed by atoms with Crippen LogP contribution in [0.5, 0.6) is 5.75 Å². The van der Waals surface area contributed by atoms with Crippen molar-refractivity contribution in [1.82, 2.24) is 5.32 Å². The molecule has 0 amide bonds. The minimum atomic E-state index is 0.650. The third kappa shape index (κ3) is 4.22. The van der Waals surface area contributed by atoms with E-state index in [0.717, 1.165) is 30.4 Å². The average Bonchev–Trinajstić information content (AvgIpc) is 2.93. The van der Waals surface area contributed by atoms with E-state index < -0.39 is 0 Å². The van der Waals surface area contributed by atoms with Gasteiger partial charge < -0.3 is 14.8 Å². The molecule has 1 N–H and O–H groups in total. The molecular weight excluding hydrogens is 238 g/mol. The zero-order chi connectivity index (χ0) is 13.5. The van der Waals surface area contributed by atoms with E-state index in [0.29, 0.717) is 6.61 Å². The van der Waals surface area contributed by atoms with E-state index in [1.807, 2.05) is 13.1 Å². The van der Waals surface area contributed by atoms with Gasteiger partial charge >= 0.3 is 0 Å². The quantitative estimate of drug-likeness (QED) is 0.820. The lowest BCUT2D eigenvalue weighted by Crippen LogP contribution is -2.08. The Bertz CT molecular complexity index is 386. The van der Waals surface area contributed by atoms with E-state index in [4.69, 9.17) is 9.47 Å².